The van der Waals surface area contributed by atoms with Crippen molar-refractivity contribution in [2.45, 2.75) is 90.6 Å². The molecule has 1 N–H and O–H groups in total. The summed E-state index contributed by atoms with van der Waals surface area (Å²) in [6, 6.07) is 7.14. The zero-order valence-electron chi connectivity index (χ0n) is 22.3. The number of imide groups is 1. The van der Waals surface area contributed by atoms with Crippen LogP contribution in [0.2, 0.25) is 0 Å². The van der Waals surface area contributed by atoms with Gasteiger partial charge in [-0.3, -0.25) is 14.4 Å². The van der Waals surface area contributed by atoms with Crippen LogP contribution < -0.4 is 10.8 Å². The first kappa shape index (κ1) is 28.5. The van der Waals surface area contributed by atoms with E-state index in [9.17, 15) is 19.2 Å². The van der Waals surface area contributed by atoms with E-state index in [4.69, 9.17) is 18.8 Å². The first-order valence-corrected chi connectivity index (χ1v) is 12.3. The van der Waals surface area contributed by atoms with Crippen molar-refractivity contribution in [1.82, 2.24) is 10.4 Å². The standard InChI is InChI=1S/C25H35BN2O9/c1-23(2,3)34-21(31)27-15-7-14-25(6)24(4,5)36-26(37-25)18-10-8-17(9-11-18)16-33-22(32)35-28-19(29)12-13-20(28)30/h8-11H,7,12-16H2,1-6H3,(H,27,31). The molecule has 1 aromatic carbocycles. The summed E-state index contributed by atoms with van der Waals surface area (Å²) >= 11 is 0. The Morgan fingerprint density at radius 2 is 1.68 bits per heavy atom. The van der Waals surface area contributed by atoms with Crippen molar-refractivity contribution in [3.8, 4) is 0 Å². The molecule has 11 nitrogen and oxygen atoms in total. The van der Waals surface area contributed by atoms with E-state index in [1.807, 2.05) is 53.7 Å². The molecule has 202 valence electrons. The summed E-state index contributed by atoms with van der Waals surface area (Å²) in [6.45, 7) is 11.7. The molecule has 1 aromatic rings. The molecule has 37 heavy (non-hydrogen) atoms. The number of hydrogen-bond donors (Lipinski definition) is 1. The number of benzene rings is 1. The van der Waals surface area contributed by atoms with E-state index >= 15 is 0 Å². The lowest BCUT2D eigenvalue weighted by Crippen LogP contribution is -2.45. The number of alkyl carbamates (subject to hydrolysis) is 1. The molecule has 0 aromatic heterocycles. The predicted octanol–water partition coefficient (Wildman–Crippen LogP) is 2.99. The molecule has 0 aliphatic carbocycles. The first-order chi connectivity index (χ1) is 17.2. The van der Waals surface area contributed by atoms with E-state index in [0.717, 1.165) is 5.46 Å². The van der Waals surface area contributed by atoms with E-state index in [0.29, 0.717) is 30.0 Å². The molecule has 0 radical (unpaired) electrons. The largest absolute Gasteiger partial charge is 0.534 e. The number of nitrogens with zero attached hydrogens (tertiary/aromatic N) is 1. The third-order valence-corrected chi connectivity index (χ3v) is 6.32. The summed E-state index contributed by atoms with van der Waals surface area (Å²) in [5.74, 6) is -1.14. The highest BCUT2D eigenvalue weighted by molar-refractivity contribution is 6.62. The Balaban J connectivity index is 1.48. The highest BCUT2D eigenvalue weighted by atomic mass is 16.8. The minimum atomic E-state index is -1.13. The summed E-state index contributed by atoms with van der Waals surface area (Å²) in [5.41, 5.74) is -0.257. The third-order valence-electron chi connectivity index (χ3n) is 6.32. The monoisotopic (exact) mass is 518 g/mol. The Bertz CT molecular complexity index is 1010. The number of hydrogen-bond acceptors (Lipinski definition) is 9. The van der Waals surface area contributed by atoms with Crippen molar-refractivity contribution in [3.05, 3.63) is 29.8 Å². The van der Waals surface area contributed by atoms with Crippen molar-refractivity contribution in [3.63, 3.8) is 0 Å². The molecule has 3 rings (SSSR count). The third kappa shape index (κ3) is 7.45. The maximum atomic E-state index is 11.9. The SMILES string of the molecule is CC(C)(C)OC(=O)NCCCC1(C)OB(c2ccc(COC(=O)ON3C(=O)CCC3=O)cc2)OC1(C)C. The summed E-state index contributed by atoms with van der Waals surface area (Å²) in [4.78, 5) is 51.4. The van der Waals surface area contributed by atoms with E-state index in [2.05, 4.69) is 10.2 Å². The first-order valence-electron chi connectivity index (χ1n) is 12.3. The van der Waals surface area contributed by atoms with Crippen molar-refractivity contribution < 1.29 is 42.8 Å². The molecule has 12 heteroatoms. The van der Waals surface area contributed by atoms with E-state index in [-0.39, 0.29) is 19.4 Å². The topological polar surface area (TPSA) is 130 Å². The van der Waals surface area contributed by atoms with Gasteiger partial charge in [-0.1, -0.05) is 29.3 Å². The summed E-state index contributed by atoms with van der Waals surface area (Å²) in [5, 5.41) is 3.20. The quantitative estimate of drug-likeness (QED) is 0.239. The Morgan fingerprint density at radius 3 is 2.27 bits per heavy atom. The number of amides is 3. The summed E-state index contributed by atoms with van der Waals surface area (Å²) < 4.78 is 22.8. The van der Waals surface area contributed by atoms with Gasteiger partial charge in [-0.25, -0.2) is 9.59 Å². The molecule has 0 saturated carbocycles. The van der Waals surface area contributed by atoms with Crippen LogP contribution in [0.4, 0.5) is 9.59 Å². The smallest absolute Gasteiger partial charge is 0.444 e. The van der Waals surface area contributed by atoms with E-state index in [1.54, 1.807) is 12.1 Å². The summed E-state index contributed by atoms with van der Waals surface area (Å²) in [6.07, 6.45) is -0.226. The van der Waals surface area contributed by atoms with E-state index in [1.165, 1.54) is 0 Å². The van der Waals surface area contributed by atoms with Gasteiger partial charge >= 0.3 is 19.4 Å². The van der Waals surface area contributed by atoms with Crippen LogP contribution >= 0.6 is 0 Å². The van der Waals surface area contributed by atoms with Gasteiger partial charge in [-0.05, 0) is 65.4 Å². The van der Waals surface area contributed by atoms with Crippen LogP contribution in [0.5, 0.6) is 0 Å². The Labute approximate surface area is 217 Å². The molecule has 2 aliphatic rings. The molecule has 2 aliphatic heterocycles. The number of carbonyl (C=O) groups excluding carboxylic acids is 4. The lowest BCUT2D eigenvalue weighted by molar-refractivity contribution is -0.177. The fourth-order valence-corrected chi connectivity index (χ4v) is 3.89. The van der Waals surface area contributed by atoms with Gasteiger partial charge in [-0.15, -0.1) is 0 Å². The van der Waals surface area contributed by atoms with Crippen molar-refractivity contribution in [1.29, 1.82) is 0 Å². The minimum absolute atomic E-state index is 0.0116. The second-order valence-corrected chi connectivity index (χ2v) is 10.8. The zero-order valence-corrected chi connectivity index (χ0v) is 22.3. The Morgan fingerprint density at radius 1 is 1.05 bits per heavy atom. The summed E-state index contributed by atoms with van der Waals surface area (Å²) in [7, 11) is -0.592. The zero-order chi connectivity index (χ0) is 27.4. The lowest BCUT2D eigenvalue weighted by Gasteiger charge is -2.36. The number of ether oxygens (including phenoxy) is 2. The predicted molar refractivity (Wildman–Crippen MR) is 132 cm³/mol. The number of nitrogens with one attached hydrogen (secondary N) is 1. The molecule has 3 amide bonds. The average molecular weight is 518 g/mol. The molecule has 0 bridgehead atoms. The van der Waals surface area contributed by atoms with Gasteiger partial charge in [0, 0.05) is 19.4 Å². The molecule has 0 spiro atoms. The maximum absolute atomic E-state index is 11.9. The Kier molecular flexibility index (Phi) is 8.54. The van der Waals surface area contributed by atoms with Crippen LogP contribution in [0.1, 0.15) is 72.8 Å². The lowest BCUT2D eigenvalue weighted by atomic mass is 9.79. The molecule has 2 fully saturated rings. The fourth-order valence-electron chi connectivity index (χ4n) is 3.89. The van der Waals surface area contributed by atoms with Crippen LogP contribution in [-0.2, 0) is 39.8 Å². The van der Waals surface area contributed by atoms with Crippen molar-refractivity contribution >= 4 is 36.6 Å². The van der Waals surface area contributed by atoms with Crippen LogP contribution in [0.15, 0.2) is 24.3 Å². The van der Waals surface area contributed by atoms with Gasteiger partial charge < -0.3 is 24.1 Å². The number of hydroxylamine groups is 2. The van der Waals surface area contributed by atoms with Gasteiger partial charge in [0.15, 0.2) is 0 Å². The number of carbonyl (C=O) groups is 4. The molecular formula is C25H35BN2O9. The molecular weight excluding hydrogens is 483 g/mol. The number of rotatable bonds is 8. The van der Waals surface area contributed by atoms with Crippen LogP contribution in [-0.4, -0.2) is 59.6 Å². The normalized spacial score (nSPS) is 21.2. The second kappa shape index (κ2) is 11.1. The van der Waals surface area contributed by atoms with Gasteiger partial charge in [0.2, 0.25) is 0 Å². The van der Waals surface area contributed by atoms with Crippen molar-refractivity contribution in [2.75, 3.05) is 6.54 Å². The van der Waals surface area contributed by atoms with Gasteiger partial charge in [-0.2, -0.15) is 0 Å². The maximum Gasteiger partial charge on any atom is 0.534 e. The molecule has 1 unspecified atom stereocenters. The van der Waals surface area contributed by atoms with Crippen molar-refractivity contribution in [2.24, 2.45) is 0 Å². The molecule has 2 heterocycles. The van der Waals surface area contributed by atoms with Gasteiger partial charge in [0.25, 0.3) is 11.8 Å². The van der Waals surface area contributed by atoms with Gasteiger partial charge in [0.1, 0.15) is 12.2 Å². The van der Waals surface area contributed by atoms with E-state index < -0.39 is 48.0 Å². The van der Waals surface area contributed by atoms with Crippen LogP contribution in [0.25, 0.3) is 0 Å². The van der Waals surface area contributed by atoms with Gasteiger partial charge in [0.05, 0.1) is 11.2 Å². The van der Waals surface area contributed by atoms with Crippen LogP contribution in [0, 0.1) is 0 Å². The highest BCUT2D eigenvalue weighted by Crippen LogP contribution is 2.40. The highest BCUT2D eigenvalue weighted by Gasteiger charge is 2.54. The average Bonchev–Trinajstić information content (AvgIpc) is 3.24. The second-order valence-electron chi connectivity index (χ2n) is 10.8. The Hall–Kier alpha value is -3.12. The fraction of sp³-hybridized carbons (Fsp3) is 0.600. The van der Waals surface area contributed by atoms with Crippen LogP contribution in [0.3, 0.4) is 0 Å². The minimum Gasteiger partial charge on any atom is -0.444 e. The molecule has 1 atom stereocenters. The molecule has 2 saturated heterocycles.